The lowest BCUT2D eigenvalue weighted by molar-refractivity contribution is -0.145. The predicted molar refractivity (Wildman–Crippen MR) is 92.3 cm³/mol. The Morgan fingerprint density at radius 1 is 1.20 bits per heavy atom. The van der Waals surface area contributed by atoms with Crippen LogP contribution in [0.15, 0.2) is 18.2 Å². The van der Waals surface area contributed by atoms with Crippen LogP contribution in [0.25, 0.3) is 0 Å². The molecule has 2 heterocycles. The molecule has 0 aromatic heterocycles. The van der Waals surface area contributed by atoms with Gasteiger partial charge in [0, 0.05) is 32.1 Å². The maximum absolute atomic E-state index is 12.9. The van der Waals surface area contributed by atoms with Crippen LogP contribution in [-0.4, -0.2) is 58.4 Å². The second kappa shape index (κ2) is 6.17. The first-order chi connectivity index (χ1) is 11.8. The number of carboxylic acid groups (broad SMARTS) is 1. The van der Waals surface area contributed by atoms with Gasteiger partial charge >= 0.3 is 5.97 Å². The fraction of sp³-hybridized carbons (Fsp3) is 0.526. The fourth-order valence-electron chi connectivity index (χ4n) is 4.22. The van der Waals surface area contributed by atoms with E-state index < -0.39 is 17.4 Å². The van der Waals surface area contributed by atoms with Gasteiger partial charge in [-0.3, -0.25) is 14.4 Å². The highest BCUT2D eigenvalue weighted by Gasteiger charge is 2.55. The molecule has 6 nitrogen and oxygen atoms in total. The molecule has 0 saturated carbocycles. The number of likely N-dealkylation sites (tertiary alicyclic amines) is 2. The maximum atomic E-state index is 12.9. The van der Waals surface area contributed by atoms with Crippen molar-refractivity contribution >= 4 is 17.8 Å². The predicted octanol–water partition coefficient (Wildman–Crippen LogP) is 1.84. The minimum absolute atomic E-state index is 0.0186. The van der Waals surface area contributed by atoms with E-state index >= 15 is 0 Å². The van der Waals surface area contributed by atoms with Gasteiger partial charge in [-0.25, -0.2) is 0 Å². The third-order valence-electron chi connectivity index (χ3n) is 5.91. The largest absolute Gasteiger partial charge is 0.481 e. The minimum Gasteiger partial charge on any atom is -0.481 e. The van der Waals surface area contributed by atoms with Crippen LogP contribution < -0.4 is 0 Å². The molecule has 0 unspecified atom stereocenters. The summed E-state index contributed by atoms with van der Waals surface area (Å²) in [6.07, 6.45) is 1.06. The molecule has 2 aliphatic rings. The number of carbonyl (C=O) groups is 3. The smallest absolute Gasteiger partial charge is 0.309 e. The number of nitrogens with zero attached hydrogens (tertiary/aromatic N) is 2. The van der Waals surface area contributed by atoms with E-state index in [-0.39, 0.29) is 18.2 Å². The van der Waals surface area contributed by atoms with Crippen molar-refractivity contribution in [1.82, 2.24) is 9.80 Å². The highest BCUT2D eigenvalue weighted by atomic mass is 16.4. The van der Waals surface area contributed by atoms with Gasteiger partial charge in [-0.15, -0.1) is 0 Å². The highest BCUT2D eigenvalue weighted by molar-refractivity contribution is 5.96. The molecular formula is C19H24N2O4. The van der Waals surface area contributed by atoms with E-state index in [0.717, 1.165) is 11.1 Å². The molecule has 0 bridgehead atoms. The van der Waals surface area contributed by atoms with Gasteiger partial charge < -0.3 is 14.9 Å². The molecule has 0 aliphatic carbocycles. The van der Waals surface area contributed by atoms with Crippen LogP contribution in [0, 0.1) is 19.8 Å². The summed E-state index contributed by atoms with van der Waals surface area (Å²) >= 11 is 0. The number of piperidine rings is 1. The Morgan fingerprint density at radius 3 is 2.44 bits per heavy atom. The lowest BCUT2D eigenvalue weighted by Crippen LogP contribution is -2.57. The third kappa shape index (κ3) is 2.79. The third-order valence-corrected chi connectivity index (χ3v) is 5.91. The van der Waals surface area contributed by atoms with Gasteiger partial charge in [0.25, 0.3) is 5.91 Å². The fourth-order valence-corrected chi connectivity index (χ4v) is 4.22. The number of aryl methyl sites for hydroxylation is 2. The summed E-state index contributed by atoms with van der Waals surface area (Å²) in [6.45, 7) is 4.81. The van der Waals surface area contributed by atoms with Crippen molar-refractivity contribution in [2.24, 2.45) is 5.92 Å². The van der Waals surface area contributed by atoms with Crippen LogP contribution in [0.4, 0.5) is 0 Å². The zero-order chi connectivity index (χ0) is 18.4. The number of hydrogen-bond acceptors (Lipinski definition) is 3. The standard InChI is InChI=1S/C19H24N2O4/c1-12-4-5-13(2)14(10-12)17(23)21-8-6-19(7-9-21)15(18(24)25)11-16(22)20(19)3/h4-5,10,15H,6-9,11H2,1-3H3,(H,24,25)/t15-/m1/s1. The van der Waals surface area contributed by atoms with Crippen LogP contribution in [0.2, 0.25) is 0 Å². The maximum Gasteiger partial charge on any atom is 0.309 e. The van der Waals surface area contributed by atoms with Crippen molar-refractivity contribution in [3.05, 3.63) is 34.9 Å². The molecule has 25 heavy (non-hydrogen) atoms. The molecule has 1 aromatic carbocycles. The first kappa shape index (κ1) is 17.5. The van der Waals surface area contributed by atoms with Gasteiger partial charge in [-0.2, -0.15) is 0 Å². The summed E-state index contributed by atoms with van der Waals surface area (Å²) in [6, 6.07) is 5.82. The number of carboxylic acids is 1. The Kier molecular flexibility index (Phi) is 4.31. The molecule has 6 heteroatoms. The van der Waals surface area contributed by atoms with Crippen LogP contribution in [-0.2, 0) is 9.59 Å². The summed E-state index contributed by atoms with van der Waals surface area (Å²) in [5, 5.41) is 9.53. The molecule has 1 N–H and O–H groups in total. The molecule has 3 rings (SSSR count). The average Bonchev–Trinajstić information content (AvgIpc) is 2.82. The van der Waals surface area contributed by atoms with Crippen molar-refractivity contribution < 1.29 is 19.5 Å². The molecule has 0 radical (unpaired) electrons. The molecule has 134 valence electrons. The van der Waals surface area contributed by atoms with E-state index in [1.54, 1.807) is 16.8 Å². The Bertz CT molecular complexity index is 735. The molecule has 1 spiro atoms. The molecule has 2 amide bonds. The van der Waals surface area contributed by atoms with Gasteiger partial charge in [0.1, 0.15) is 0 Å². The van der Waals surface area contributed by atoms with Crippen molar-refractivity contribution in [3.8, 4) is 0 Å². The van der Waals surface area contributed by atoms with E-state index in [1.807, 2.05) is 32.0 Å². The summed E-state index contributed by atoms with van der Waals surface area (Å²) in [5.41, 5.74) is 2.00. The zero-order valence-corrected chi connectivity index (χ0v) is 14.9. The number of amides is 2. The lowest BCUT2D eigenvalue weighted by Gasteiger charge is -2.45. The van der Waals surface area contributed by atoms with Crippen molar-refractivity contribution in [2.75, 3.05) is 20.1 Å². The topological polar surface area (TPSA) is 77.9 Å². The van der Waals surface area contributed by atoms with Crippen molar-refractivity contribution in [2.45, 2.75) is 38.6 Å². The van der Waals surface area contributed by atoms with E-state index in [2.05, 4.69) is 0 Å². The van der Waals surface area contributed by atoms with Gasteiger partial charge in [-0.05, 0) is 38.3 Å². The molecule has 1 atom stereocenters. The molecule has 2 aliphatic heterocycles. The van der Waals surface area contributed by atoms with Crippen molar-refractivity contribution in [1.29, 1.82) is 0 Å². The molecular weight excluding hydrogens is 320 g/mol. The monoisotopic (exact) mass is 344 g/mol. The summed E-state index contributed by atoms with van der Waals surface area (Å²) < 4.78 is 0. The van der Waals surface area contributed by atoms with Gasteiger partial charge in [0.2, 0.25) is 5.91 Å². The van der Waals surface area contributed by atoms with Gasteiger partial charge in [0.15, 0.2) is 0 Å². The molecule has 1 aromatic rings. The Morgan fingerprint density at radius 2 is 1.84 bits per heavy atom. The lowest BCUT2D eigenvalue weighted by atomic mass is 9.77. The van der Waals surface area contributed by atoms with Crippen LogP contribution in [0.3, 0.4) is 0 Å². The second-order valence-electron chi connectivity index (χ2n) is 7.26. The number of carbonyl (C=O) groups excluding carboxylic acids is 2. The Balaban J connectivity index is 1.79. The minimum atomic E-state index is -0.924. The first-order valence-electron chi connectivity index (χ1n) is 8.62. The Labute approximate surface area is 147 Å². The molecule has 2 fully saturated rings. The number of hydrogen-bond donors (Lipinski definition) is 1. The summed E-state index contributed by atoms with van der Waals surface area (Å²) in [7, 11) is 1.69. The SMILES string of the molecule is Cc1ccc(C)c(C(=O)N2CCC3(CC2)[C@@H](C(=O)O)CC(=O)N3C)c1. The zero-order valence-electron chi connectivity index (χ0n) is 14.9. The van der Waals surface area contributed by atoms with E-state index in [0.29, 0.717) is 31.5 Å². The van der Waals surface area contributed by atoms with Gasteiger partial charge in [-0.1, -0.05) is 17.7 Å². The highest BCUT2D eigenvalue weighted by Crippen LogP contribution is 2.43. The van der Waals surface area contributed by atoms with Gasteiger partial charge in [0.05, 0.1) is 11.5 Å². The number of aliphatic carboxylic acids is 1. The Hall–Kier alpha value is -2.37. The number of benzene rings is 1. The normalized spacial score (nSPS) is 22.5. The van der Waals surface area contributed by atoms with E-state index in [1.165, 1.54) is 0 Å². The van der Waals surface area contributed by atoms with Crippen LogP contribution in [0.1, 0.15) is 40.7 Å². The summed E-state index contributed by atoms with van der Waals surface area (Å²) in [4.78, 5) is 39.9. The summed E-state index contributed by atoms with van der Waals surface area (Å²) in [5.74, 6) is -1.76. The van der Waals surface area contributed by atoms with E-state index in [9.17, 15) is 19.5 Å². The first-order valence-corrected chi connectivity index (χ1v) is 8.62. The second-order valence-corrected chi connectivity index (χ2v) is 7.26. The van der Waals surface area contributed by atoms with E-state index in [4.69, 9.17) is 0 Å². The molecule has 2 saturated heterocycles. The quantitative estimate of drug-likeness (QED) is 0.888. The van der Waals surface area contributed by atoms with Crippen LogP contribution in [0.5, 0.6) is 0 Å². The average molecular weight is 344 g/mol. The number of rotatable bonds is 2. The van der Waals surface area contributed by atoms with Crippen LogP contribution >= 0.6 is 0 Å². The van der Waals surface area contributed by atoms with Crippen molar-refractivity contribution in [3.63, 3.8) is 0 Å².